The maximum atomic E-state index is 12.7. The van der Waals surface area contributed by atoms with Crippen LogP contribution in [0.3, 0.4) is 0 Å². The van der Waals surface area contributed by atoms with Crippen LogP contribution in [0.15, 0.2) is 24.3 Å². The van der Waals surface area contributed by atoms with Crippen LogP contribution in [0, 0.1) is 5.21 Å². The average molecular weight is 327 g/mol. The molecule has 1 aliphatic rings. The van der Waals surface area contributed by atoms with Crippen molar-refractivity contribution in [1.82, 2.24) is 0 Å². The van der Waals surface area contributed by atoms with E-state index in [1.807, 2.05) is 0 Å². The van der Waals surface area contributed by atoms with Crippen LogP contribution < -0.4 is 0 Å². The molecule has 0 atom stereocenters. The van der Waals surface area contributed by atoms with Crippen LogP contribution in [0.2, 0.25) is 0 Å². The molecule has 0 bridgehead atoms. The third-order valence-corrected chi connectivity index (χ3v) is 5.44. The van der Waals surface area contributed by atoms with Crippen LogP contribution >= 0.6 is 7.60 Å². The number of amides is 2. The zero-order valence-electron chi connectivity index (χ0n) is 12.5. The maximum Gasteiger partial charge on any atom is 0.354 e. The Balaban J connectivity index is 2.21. The monoisotopic (exact) mass is 327 g/mol. The third-order valence-electron chi connectivity index (χ3n) is 3.38. The lowest BCUT2D eigenvalue weighted by molar-refractivity contribution is -0.704. The topological polar surface area (TPSA) is 92.7 Å². The lowest BCUT2D eigenvalue weighted by Gasteiger charge is -2.33. The van der Waals surface area contributed by atoms with Crippen molar-refractivity contribution in [2.45, 2.75) is 13.8 Å². The zero-order valence-corrected chi connectivity index (χ0v) is 13.4. The number of benzene rings is 1. The summed E-state index contributed by atoms with van der Waals surface area (Å²) in [6.07, 6.45) is -0.288. The number of hydroxylamine groups is 3. The summed E-state index contributed by atoms with van der Waals surface area (Å²) in [4.78, 5) is 24.5. The van der Waals surface area contributed by atoms with Crippen LogP contribution in [0.4, 0.5) is 0 Å². The molecule has 1 aromatic rings. The van der Waals surface area contributed by atoms with Gasteiger partial charge in [-0.05, 0) is 26.0 Å². The lowest BCUT2D eigenvalue weighted by Crippen LogP contribution is -2.49. The number of carbonyl (C=O) groups excluding carboxylic acids is 2. The fourth-order valence-electron chi connectivity index (χ4n) is 2.36. The van der Waals surface area contributed by atoms with Gasteiger partial charge in [0.15, 0.2) is 0 Å². The van der Waals surface area contributed by atoms with E-state index >= 15 is 0 Å². The highest BCUT2D eigenvalue weighted by atomic mass is 31.2. The number of carbonyl (C=O) groups is 2. The number of rotatable bonds is 7. The molecule has 2 rings (SSSR count). The van der Waals surface area contributed by atoms with E-state index in [9.17, 15) is 19.4 Å². The molecule has 0 unspecified atom stereocenters. The smallest absolute Gasteiger partial charge is 0.354 e. The van der Waals surface area contributed by atoms with Crippen molar-refractivity contribution in [3.05, 3.63) is 40.6 Å². The number of quaternary nitrogens is 1. The lowest BCUT2D eigenvalue weighted by atomic mass is 10.1. The summed E-state index contributed by atoms with van der Waals surface area (Å²) in [5.41, 5.74) is 0.204. The minimum atomic E-state index is -3.48. The fourth-order valence-corrected chi connectivity index (χ4v) is 4.01. The van der Waals surface area contributed by atoms with Crippen molar-refractivity contribution in [1.29, 1.82) is 0 Å². The van der Waals surface area contributed by atoms with E-state index in [4.69, 9.17) is 9.05 Å². The molecule has 2 amide bonds. The summed E-state index contributed by atoms with van der Waals surface area (Å²) in [6, 6.07) is 6.06. The molecule has 0 spiro atoms. The predicted molar refractivity (Wildman–Crippen MR) is 79.3 cm³/mol. The van der Waals surface area contributed by atoms with E-state index in [-0.39, 0.29) is 30.5 Å². The third kappa shape index (κ3) is 2.91. The maximum absolute atomic E-state index is 12.7. The average Bonchev–Trinajstić information content (AvgIpc) is 2.69. The molecule has 8 heteroatoms. The molecule has 0 radical (unpaired) electrons. The Morgan fingerprint density at radius 1 is 1.05 bits per heavy atom. The summed E-state index contributed by atoms with van der Waals surface area (Å²) in [6.45, 7) is 3.13. The molecule has 120 valence electrons. The van der Waals surface area contributed by atoms with E-state index < -0.39 is 30.6 Å². The molecule has 22 heavy (non-hydrogen) atoms. The highest BCUT2D eigenvalue weighted by Crippen LogP contribution is 2.48. The van der Waals surface area contributed by atoms with Crippen LogP contribution in [0.5, 0.6) is 0 Å². The quantitative estimate of drug-likeness (QED) is 0.331. The van der Waals surface area contributed by atoms with Gasteiger partial charge in [0.1, 0.15) is 12.7 Å². The summed E-state index contributed by atoms with van der Waals surface area (Å²) in [5, 5.41) is 12.7. The van der Waals surface area contributed by atoms with Gasteiger partial charge in [0.25, 0.3) is 0 Å². The van der Waals surface area contributed by atoms with E-state index in [0.29, 0.717) is 0 Å². The first kappa shape index (κ1) is 17.0. The Labute approximate surface area is 128 Å². The van der Waals surface area contributed by atoms with Gasteiger partial charge in [-0.2, -0.15) is 0 Å². The summed E-state index contributed by atoms with van der Waals surface area (Å²) in [7, 11) is -3.48. The molecule has 1 aromatic carbocycles. The van der Waals surface area contributed by atoms with Crippen molar-refractivity contribution in [2.75, 3.05) is 25.9 Å². The number of fused-ring (bicyclic) bond motifs is 1. The Hall–Kier alpha value is -1.37. The molecule has 0 saturated carbocycles. The van der Waals surface area contributed by atoms with Crippen molar-refractivity contribution >= 4 is 19.4 Å². The largest absolute Gasteiger partial charge is 0.617 e. The highest BCUT2D eigenvalue weighted by Gasteiger charge is 2.48. The fraction of sp³-hybridized carbons (Fsp3) is 0.429. The first-order chi connectivity index (χ1) is 10.4. The first-order valence-electron chi connectivity index (χ1n) is 7.04. The normalized spacial score (nSPS) is 16.9. The SMILES string of the molecule is CCOP(=O)(CC[N+]1([O-])C(=O)c2ccccc2C1=O)OCC. The minimum Gasteiger partial charge on any atom is -0.617 e. The van der Waals surface area contributed by atoms with Crippen molar-refractivity contribution in [2.24, 2.45) is 0 Å². The van der Waals surface area contributed by atoms with Gasteiger partial charge in [0.2, 0.25) is 0 Å². The zero-order chi connectivity index (χ0) is 16.4. The summed E-state index contributed by atoms with van der Waals surface area (Å²) < 4.78 is 20.9. The van der Waals surface area contributed by atoms with Crippen LogP contribution in [0.1, 0.15) is 34.6 Å². The van der Waals surface area contributed by atoms with E-state index in [2.05, 4.69) is 0 Å². The van der Waals surface area contributed by atoms with Gasteiger partial charge in [0.05, 0.1) is 24.3 Å². The molecule has 0 aromatic heterocycles. The van der Waals surface area contributed by atoms with Gasteiger partial charge < -0.3 is 14.3 Å². The molecule has 0 aliphatic carbocycles. The van der Waals surface area contributed by atoms with Crippen molar-refractivity contribution in [3.63, 3.8) is 0 Å². The predicted octanol–water partition coefficient (Wildman–Crippen LogP) is 2.56. The summed E-state index contributed by atoms with van der Waals surface area (Å²) >= 11 is 0. The van der Waals surface area contributed by atoms with E-state index in [1.54, 1.807) is 26.0 Å². The molecule has 7 nitrogen and oxygen atoms in total. The van der Waals surface area contributed by atoms with Crippen molar-refractivity contribution in [3.8, 4) is 0 Å². The molecule has 0 N–H and O–H groups in total. The number of nitrogens with zero attached hydrogens (tertiary/aromatic N) is 1. The Morgan fingerprint density at radius 3 is 1.91 bits per heavy atom. The van der Waals surface area contributed by atoms with Gasteiger partial charge >= 0.3 is 19.4 Å². The second kappa shape index (κ2) is 6.40. The molecular formula is C14H18NO6P. The van der Waals surface area contributed by atoms with Gasteiger partial charge in [0, 0.05) is 0 Å². The molecule has 1 aliphatic heterocycles. The van der Waals surface area contributed by atoms with E-state index in [1.165, 1.54) is 12.1 Å². The van der Waals surface area contributed by atoms with Gasteiger partial charge in [-0.1, -0.05) is 12.1 Å². The molecule has 1 heterocycles. The highest BCUT2D eigenvalue weighted by molar-refractivity contribution is 7.53. The second-order valence-electron chi connectivity index (χ2n) is 4.79. The molecule has 0 fully saturated rings. The Bertz CT molecular complexity index is 599. The minimum absolute atomic E-state index is 0.102. The Kier molecular flexibility index (Phi) is 4.94. The van der Waals surface area contributed by atoms with Crippen molar-refractivity contribution < 1.29 is 27.8 Å². The number of hydrogen-bond acceptors (Lipinski definition) is 6. The van der Waals surface area contributed by atoms with E-state index in [0.717, 1.165) is 0 Å². The van der Waals surface area contributed by atoms with Crippen LogP contribution in [0.25, 0.3) is 0 Å². The first-order valence-corrected chi connectivity index (χ1v) is 8.77. The Morgan fingerprint density at radius 2 is 1.50 bits per heavy atom. The number of hydrogen-bond donors (Lipinski definition) is 0. The van der Waals surface area contributed by atoms with Crippen LogP contribution in [-0.4, -0.2) is 42.4 Å². The molecular weight excluding hydrogens is 309 g/mol. The second-order valence-corrected chi connectivity index (χ2v) is 6.97. The standard InChI is InChI=1S/C14H18NO6P/c1-3-20-22(19,21-4-2)10-9-15(18)13(16)11-7-5-6-8-12(11)14(15)17/h5-8H,3-4,9-10H2,1-2H3. The number of imide groups is 1. The summed E-state index contributed by atoms with van der Waals surface area (Å²) in [5.74, 6) is -1.67. The van der Waals surface area contributed by atoms with Gasteiger partial charge in [-0.3, -0.25) is 4.57 Å². The van der Waals surface area contributed by atoms with Gasteiger partial charge in [-0.15, -0.1) is 0 Å². The van der Waals surface area contributed by atoms with Gasteiger partial charge in [-0.25, -0.2) is 14.2 Å². The van der Waals surface area contributed by atoms with Crippen LogP contribution in [-0.2, 0) is 13.6 Å². The molecule has 0 saturated heterocycles.